The van der Waals surface area contributed by atoms with Crippen LogP contribution in [0.25, 0.3) is 0 Å². The molecule has 0 fully saturated rings. The van der Waals surface area contributed by atoms with Gasteiger partial charge in [0, 0.05) is 30.2 Å². The van der Waals surface area contributed by atoms with Gasteiger partial charge in [0.15, 0.2) is 0 Å². The first-order valence-electron chi connectivity index (χ1n) is 6.24. The van der Waals surface area contributed by atoms with Crippen LogP contribution in [0.1, 0.15) is 37.3 Å². The number of nitrogens with one attached hydrogen (secondary N) is 1. The Bertz CT molecular complexity index is 458. The van der Waals surface area contributed by atoms with Crippen LogP contribution < -0.4 is 5.32 Å². The van der Waals surface area contributed by atoms with E-state index in [1.165, 1.54) is 0 Å². The van der Waals surface area contributed by atoms with E-state index in [9.17, 15) is 0 Å². The van der Waals surface area contributed by atoms with Gasteiger partial charge >= 0.3 is 0 Å². The quantitative estimate of drug-likeness (QED) is 0.874. The normalized spacial score (nSPS) is 14.1. The molecule has 0 aliphatic heterocycles. The van der Waals surface area contributed by atoms with E-state index in [1.54, 1.807) is 12.4 Å². The standard InChI is InChI=1S/C14H18N4/c1-3-15-13(14-17-9-6-10-18-14)11(2)12-7-4-5-8-16-12/h4-11,13,15H,3H2,1-2H3. The van der Waals surface area contributed by atoms with E-state index in [4.69, 9.17) is 0 Å². The molecule has 4 heteroatoms. The van der Waals surface area contributed by atoms with Gasteiger partial charge in [-0.3, -0.25) is 4.98 Å². The SMILES string of the molecule is CCNC(c1ncccn1)C(C)c1ccccn1. The molecule has 1 N–H and O–H groups in total. The summed E-state index contributed by atoms with van der Waals surface area (Å²) in [5.74, 6) is 1.05. The van der Waals surface area contributed by atoms with Gasteiger partial charge in [-0.1, -0.05) is 19.9 Å². The molecule has 2 aromatic heterocycles. The fourth-order valence-corrected chi connectivity index (χ4v) is 2.00. The molecule has 0 aromatic carbocycles. The van der Waals surface area contributed by atoms with Gasteiger partial charge in [0.25, 0.3) is 0 Å². The van der Waals surface area contributed by atoms with E-state index in [2.05, 4.69) is 34.1 Å². The molecule has 94 valence electrons. The zero-order chi connectivity index (χ0) is 12.8. The second-order valence-corrected chi connectivity index (χ2v) is 4.19. The number of pyridine rings is 1. The zero-order valence-electron chi connectivity index (χ0n) is 10.7. The summed E-state index contributed by atoms with van der Waals surface area (Å²) in [6.45, 7) is 5.10. The lowest BCUT2D eigenvalue weighted by Crippen LogP contribution is -2.27. The predicted molar refractivity (Wildman–Crippen MR) is 71.1 cm³/mol. The van der Waals surface area contributed by atoms with Crippen LogP contribution in [0.4, 0.5) is 0 Å². The molecule has 2 aromatic rings. The Morgan fingerprint density at radius 3 is 2.39 bits per heavy atom. The van der Waals surface area contributed by atoms with Crippen molar-refractivity contribution < 1.29 is 0 Å². The first-order valence-corrected chi connectivity index (χ1v) is 6.24. The van der Waals surface area contributed by atoms with Gasteiger partial charge in [0.2, 0.25) is 0 Å². The predicted octanol–water partition coefficient (Wildman–Crippen LogP) is 2.33. The summed E-state index contributed by atoms with van der Waals surface area (Å²) in [7, 11) is 0. The largest absolute Gasteiger partial charge is 0.307 e. The van der Waals surface area contributed by atoms with Crippen LogP contribution in [0.3, 0.4) is 0 Å². The van der Waals surface area contributed by atoms with Gasteiger partial charge in [0.1, 0.15) is 5.82 Å². The summed E-state index contributed by atoms with van der Waals surface area (Å²) < 4.78 is 0. The van der Waals surface area contributed by atoms with Crippen molar-refractivity contribution in [1.29, 1.82) is 0 Å². The van der Waals surface area contributed by atoms with Crippen molar-refractivity contribution in [1.82, 2.24) is 20.3 Å². The van der Waals surface area contributed by atoms with Crippen molar-refractivity contribution in [3.8, 4) is 0 Å². The Balaban J connectivity index is 2.26. The number of hydrogen-bond acceptors (Lipinski definition) is 4. The van der Waals surface area contributed by atoms with Crippen molar-refractivity contribution in [2.45, 2.75) is 25.8 Å². The maximum Gasteiger partial charge on any atom is 0.145 e. The van der Waals surface area contributed by atoms with Crippen molar-refractivity contribution in [2.75, 3.05) is 6.54 Å². The van der Waals surface area contributed by atoms with Crippen LogP contribution in [0, 0.1) is 0 Å². The molecule has 0 radical (unpaired) electrons. The molecule has 0 bridgehead atoms. The van der Waals surface area contributed by atoms with Gasteiger partial charge in [0.05, 0.1) is 6.04 Å². The van der Waals surface area contributed by atoms with Gasteiger partial charge in [-0.15, -0.1) is 0 Å². The molecule has 4 nitrogen and oxygen atoms in total. The van der Waals surface area contributed by atoms with Crippen LogP contribution in [0.2, 0.25) is 0 Å². The molecule has 2 unspecified atom stereocenters. The van der Waals surface area contributed by atoms with E-state index in [1.807, 2.05) is 30.5 Å². The molecule has 0 amide bonds. The monoisotopic (exact) mass is 242 g/mol. The number of aromatic nitrogens is 3. The van der Waals surface area contributed by atoms with E-state index in [0.29, 0.717) is 0 Å². The maximum atomic E-state index is 4.41. The van der Waals surface area contributed by atoms with Crippen LogP contribution in [-0.2, 0) is 0 Å². The fraction of sp³-hybridized carbons (Fsp3) is 0.357. The number of nitrogens with zero attached hydrogens (tertiary/aromatic N) is 3. The highest BCUT2D eigenvalue weighted by Gasteiger charge is 2.22. The Morgan fingerprint density at radius 1 is 1.06 bits per heavy atom. The summed E-state index contributed by atoms with van der Waals surface area (Å²) >= 11 is 0. The Morgan fingerprint density at radius 2 is 1.78 bits per heavy atom. The minimum Gasteiger partial charge on any atom is -0.307 e. The lowest BCUT2D eigenvalue weighted by atomic mass is 9.96. The van der Waals surface area contributed by atoms with Crippen molar-refractivity contribution in [2.24, 2.45) is 0 Å². The molecule has 0 saturated heterocycles. The highest BCUT2D eigenvalue weighted by atomic mass is 15.0. The summed E-state index contributed by atoms with van der Waals surface area (Å²) in [5, 5.41) is 3.43. The minimum atomic E-state index is 0.0890. The highest BCUT2D eigenvalue weighted by molar-refractivity contribution is 5.14. The third-order valence-corrected chi connectivity index (χ3v) is 2.94. The Hall–Kier alpha value is -1.81. The van der Waals surface area contributed by atoms with Gasteiger partial charge < -0.3 is 5.32 Å². The second-order valence-electron chi connectivity index (χ2n) is 4.19. The molecule has 0 spiro atoms. The lowest BCUT2D eigenvalue weighted by molar-refractivity contribution is 0.450. The van der Waals surface area contributed by atoms with Crippen molar-refractivity contribution in [3.05, 3.63) is 54.4 Å². The zero-order valence-corrected chi connectivity index (χ0v) is 10.7. The minimum absolute atomic E-state index is 0.0890. The van der Waals surface area contributed by atoms with Crippen LogP contribution in [0.15, 0.2) is 42.9 Å². The second kappa shape index (κ2) is 6.21. The fourth-order valence-electron chi connectivity index (χ4n) is 2.00. The van der Waals surface area contributed by atoms with Crippen LogP contribution >= 0.6 is 0 Å². The van der Waals surface area contributed by atoms with E-state index in [0.717, 1.165) is 18.1 Å². The lowest BCUT2D eigenvalue weighted by Gasteiger charge is -2.22. The molecular formula is C14H18N4. The molecule has 2 rings (SSSR count). The van der Waals surface area contributed by atoms with Gasteiger partial charge in [-0.2, -0.15) is 0 Å². The van der Waals surface area contributed by atoms with Crippen LogP contribution in [-0.4, -0.2) is 21.5 Å². The van der Waals surface area contributed by atoms with E-state index in [-0.39, 0.29) is 12.0 Å². The topological polar surface area (TPSA) is 50.7 Å². The molecule has 0 aliphatic rings. The molecular weight excluding hydrogens is 224 g/mol. The first-order chi connectivity index (χ1) is 8.83. The number of likely N-dealkylation sites (N-methyl/N-ethyl adjacent to an activating group) is 1. The molecule has 0 aliphatic carbocycles. The van der Waals surface area contributed by atoms with Crippen molar-refractivity contribution in [3.63, 3.8) is 0 Å². The highest BCUT2D eigenvalue weighted by Crippen LogP contribution is 2.26. The summed E-state index contributed by atoms with van der Waals surface area (Å²) in [4.78, 5) is 13.1. The van der Waals surface area contributed by atoms with Crippen LogP contribution in [0.5, 0.6) is 0 Å². The molecule has 2 heterocycles. The Labute approximate surface area is 108 Å². The third kappa shape index (κ3) is 2.90. The average Bonchev–Trinajstić information content (AvgIpc) is 2.46. The first kappa shape index (κ1) is 12.6. The van der Waals surface area contributed by atoms with E-state index < -0.39 is 0 Å². The maximum absolute atomic E-state index is 4.41. The van der Waals surface area contributed by atoms with Gasteiger partial charge in [-0.25, -0.2) is 9.97 Å². The average molecular weight is 242 g/mol. The molecule has 2 atom stereocenters. The summed E-state index contributed by atoms with van der Waals surface area (Å²) in [6.07, 6.45) is 5.37. The number of rotatable bonds is 5. The van der Waals surface area contributed by atoms with E-state index >= 15 is 0 Å². The third-order valence-electron chi connectivity index (χ3n) is 2.94. The van der Waals surface area contributed by atoms with Crippen molar-refractivity contribution >= 4 is 0 Å². The summed E-state index contributed by atoms with van der Waals surface area (Å²) in [6, 6.07) is 7.90. The summed E-state index contributed by atoms with van der Waals surface area (Å²) in [5.41, 5.74) is 1.05. The molecule has 0 saturated carbocycles. The smallest absolute Gasteiger partial charge is 0.145 e. The van der Waals surface area contributed by atoms with Gasteiger partial charge in [-0.05, 0) is 24.7 Å². The number of hydrogen-bond donors (Lipinski definition) is 1. The Kier molecular flexibility index (Phi) is 4.36. The molecule has 18 heavy (non-hydrogen) atoms.